The maximum Gasteiger partial charge on any atom is 0.331 e. The van der Waals surface area contributed by atoms with E-state index in [-0.39, 0.29) is 6.61 Å². The van der Waals surface area contributed by atoms with Crippen molar-refractivity contribution in [3.05, 3.63) is 35.4 Å². The monoisotopic (exact) mass is 231 g/mol. The lowest BCUT2D eigenvalue weighted by Gasteiger charge is -2.07. The second kappa shape index (κ2) is 5.80. The largest absolute Gasteiger partial charge is 0.465 e. The van der Waals surface area contributed by atoms with Crippen molar-refractivity contribution in [1.29, 1.82) is 5.26 Å². The number of Topliss-reactive ketones (excluding diaryl/α,β-unsaturated/α-hetero) is 1. The van der Waals surface area contributed by atoms with Crippen LogP contribution in [0.15, 0.2) is 24.3 Å². The predicted molar refractivity (Wildman–Crippen MR) is 61.2 cm³/mol. The van der Waals surface area contributed by atoms with E-state index in [9.17, 15) is 9.59 Å². The molecule has 0 fully saturated rings. The molecule has 0 unspecified atom stereocenters. The molecule has 0 N–H and O–H groups in total. The molecule has 4 heteroatoms. The fourth-order valence-corrected chi connectivity index (χ4v) is 1.41. The summed E-state index contributed by atoms with van der Waals surface area (Å²) in [7, 11) is 0. The van der Waals surface area contributed by atoms with Gasteiger partial charge in [0.1, 0.15) is 0 Å². The Balaban J connectivity index is 2.95. The van der Waals surface area contributed by atoms with E-state index < -0.39 is 17.7 Å². The van der Waals surface area contributed by atoms with Crippen LogP contribution >= 0.6 is 0 Å². The second-order valence-electron chi connectivity index (χ2n) is 3.55. The van der Waals surface area contributed by atoms with Gasteiger partial charge in [0.15, 0.2) is 5.78 Å². The van der Waals surface area contributed by atoms with Crippen LogP contribution in [-0.4, -0.2) is 18.4 Å². The summed E-state index contributed by atoms with van der Waals surface area (Å²) >= 11 is 0. The van der Waals surface area contributed by atoms with Crippen molar-refractivity contribution in [3.63, 3.8) is 0 Å². The number of carbonyl (C=O) groups excluding carboxylic acids is 2. The van der Waals surface area contributed by atoms with E-state index in [0.29, 0.717) is 5.56 Å². The number of aryl methyl sites for hydroxylation is 1. The van der Waals surface area contributed by atoms with Crippen LogP contribution in [0.25, 0.3) is 0 Å². The van der Waals surface area contributed by atoms with Crippen molar-refractivity contribution < 1.29 is 14.3 Å². The minimum absolute atomic E-state index is 0.151. The molecule has 1 rings (SSSR count). The molecule has 17 heavy (non-hydrogen) atoms. The number of hydrogen-bond donors (Lipinski definition) is 0. The first-order valence-electron chi connectivity index (χ1n) is 5.27. The van der Waals surface area contributed by atoms with Crippen molar-refractivity contribution in [2.45, 2.75) is 13.8 Å². The van der Waals surface area contributed by atoms with Gasteiger partial charge in [-0.1, -0.05) is 23.8 Å². The summed E-state index contributed by atoms with van der Waals surface area (Å²) < 4.78 is 4.69. The number of ketones is 1. The van der Waals surface area contributed by atoms with E-state index in [2.05, 4.69) is 4.74 Å². The highest BCUT2D eigenvalue weighted by Crippen LogP contribution is 2.12. The average Bonchev–Trinajstić information content (AvgIpc) is 2.30. The lowest BCUT2D eigenvalue weighted by atomic mass is 9.98. The highest BCUT2D eigenvalue weighted by molar-refractivity contribution is 6.10. The van der Waals surface area contributed by atoms with E-state index >= 15 is 0 Å². The van der Waals surface area contributed by atoms with E-state index in [1.807, 2.05) is 13.0 Å². The summed E-state index contributed by atoms with van der Waals surface area (Å²) in [4.78, 5) is 23.3. The van der Waals surface area contributed by atoms with Crippen LogP contribution in [0.4, 0.5) is 0 Å². The first-order chi connectivity index (χ1) is 8.10. The summed E-state index contributed by atoms with van der Waals surface area (Å²) in [6, 6.07) is 8.45. The molecule has 0 radical (unpaired) electrons. The summed E-state index contributed by atoms with van der Waals surface area (Å²) in [5.41, 5.74) is 1.25. The highest BCUT2D eigenvalue weighted by Gasteiger charge is 2.28. The van der Waals surface area contributed by atoms with Gasteiger partial charge in [-0.25, -0.2) is 0 Å². The topological polar surface area (TPSA) is 67.2 Å². The Labute approximate surface area is 99.8 Å². The second-order valence-corrected chi connectivity index (χ2v) is 3.55. The number of nitriles is 1. The zero-order valence-corrected chi connectivity index (χ0v) is 9.77. The summed E-state index contributed by atoms with van der Waals surface area (Å²) in [5, 5.41) is 8.85. The number of esters is 1. The lowest BCUT2D eigenvalue weighted by Crippen LogP contribution is -2.25. The molecule has 1 atom stereocenters. The van der Waals surface area contributed by atoms with Gasteiger partial charge >= 0.3 is 5.97 Å². The Morgan fingerprint density at radius 1 is 1.47 bits per heavy atom. The Morgan fingerprint density at radius 3 is 2.71 bits per heavy atom. The molecule has 0 aliphatic heterocycles. The van der Waals surface area contributed by atoms with Crippen LogP contribution in [-0.2, 0) is 9.53 Å². The van der Waals surface area contributed by atoms with Gasteiger partial charge in [-0.15, -0.1) is 0 Å². The quantitative estimate of drug-likeness (QED) is 0.450. The molecule has 0 aliphatic carbocycles. The van der Waals surface area contributed by atoms with Crippen molar-refractivity contribution in [2.24, 2.45) is 5.92 Å². The lowest BCUT2D eigenvalue weighted by molar-refractivity contribution is -0.144. The Morgan fingerprint density at radius 2 is 2.18 bits per heavy atom. The molecular formula is C13H13NO3. The molecule has 88 valence electrons. The van der Waals surface area contributed by atoms with Gasteiger partial charge < -0.3 is 4.74 Å². The van der Waals surface area contributed by atoms with Gasteiger partial charge in [-0.2, -0.15) is 5.26 Å². The Kier molecular flexibility index (Phi) is 4.41. The SMILES string of the molecule is CCOC(=O)[C@H](C#N)C(=O)c1cccc(C)c1. The van der Waals surface area contributed by atoms with Crippen LogP contribution < -0.4 is 0 Å². The minimum atomic E-state index is -1.38. The van der Waals surface area contributed by atoms with Crippen molar-refractivity contribution in [1.82, 2.24) is 0 Å². The van der Waals surface area contributed by atoms with E-state index in [1.165, 1.54) is 0 Å². The smallest absolute Gasteiger partial charge is 0.331 e. The van der Waals surface area contributed by atoms with Gasteiger partial charge in [0.25, 0.3) is 0 Å². The molecule has 0 saturated carbocycles. The maximum atomic E-state index is 11.9. The Bertz CT molecular complexity index is 474. The molecule has 0 bridgehead atoms. The first-order valence-corrected chi connectivity index (χ1v) is 5.27. The van der Waals surface area contributed by atoms with Gasteiger partial charge in [-0.05, 0) is 19.9 Å². The number of hydrogen-bond acceptors (Lipinski definition) is 4. The van der Waals surface area contributed by atoms with Crippen LogP contribution in [0.2, 0.25) is 0 Å². The average molecular weight is 231 g/mol. The molecule has 0 heterocycles. The number of rotatable bonds is 4. The molecule has 1 aromatic carbocycles. The van der Waals surface area contributed by atoms with Crippen LogP contribution in [0.1, 0.15) is 22.8 Å². The maximum absolute atomic E-state index is 11.9. The van der Waals surface area contributed by atoms with E-state index in [1.54, 1.807) is 31.2 Å². The number of carbonyl (C=O) groups is 2. The number of benzene rings is 1. The Hall–Kier alpha value is -2.15. The molecule has 1 aromatic rings. The van der Waals surface area contributed by atoms with Gasteiger partial charge in [0, 0.05) is 5.56 Å². The normalized spacial score (nSPS) is 11.4. The molecule has 0 aliphatic rings. The summed E-state index contributed by atoms with van der Waals surface area (Å²) in [5.74, 6) is -2.69. The standard InChI is InChI=1S/C13H13NO3/c1-3-17-13(16)11(8-14)12(15)10-6-4-5-9(2)7-10/h4-7,11H,3H2,1-2H3/t11-/m1/s1. The van der Waals surface area contributed by atoms with Gasteiger partial charge in [-0.3, -0.25) is 9.59 Å². The molecule has 0 aromatic heterocycles. The van der Waals surface area contributed by atoms with Crippen LogP contribution in [0, 0.1) is 24.2 Å². The number of nitrogens with zero attached hydrogens (tertiary/aromatic N) is 1. The van der Waals surface area contributed by atoms with Crippen LogP contribution in [0.5, 0.6) is 0 Å². The van der Waals surface area contributed by atoms with Crippen molar-refractivity contribution >= 4 is 11.8 Å². The van der Waals surface area contributed by atoms with Gasteiger partial charge in [0.2, 0.25) is 5.92 Å². The summed E-state index contributed by atoms with van der Waals surface area (Å²) in [6.07, 6.45) is 0. The van der Waals surface area contributed by atoms with Crippen molar-refractivity contribution in [2.75, 3.05) is 6.61 Å². The molecule has 0 spiro atoms. The third-order valence-corrected chi connectivity index (χ3v) is 2.22. The molecule has 0 amide bonds. The third-order valence-electron chi connectivity index (χ3n) is 2.22. The fraction of sp³-hybridized carbons (Fsp3) is 0.308. The molecule has 4 nitrogen and oxygen atoms in total. The molecular weight excluding hydrogens is 218 g/mol. The fourth-order valence-electron chi connectivity index (χ4n) is 1.41. The highest BCUT2D eigenvalue weighted by atomic mass is 16.5. The van der Waals surface area contributed by atoms with Crippen LogP contribution in [0.3, 0.4) is 0 Å². The molecule has 0 saturated heterocycles. The first kappa shape index (κ1) is 12.9. The zero-order valence-electron chi connectivity index (χ0n) is 9.77. The van der Waals surface area contributed by atoms with E-state index in [0.717, 1.165) is 5.56 Å². The number of ether oxygens (including phenoxy) is 1. The minimum Gasteiger partial charge on any atom is -0.465 e. The zero-order chi connectivity index (χ0) is 12.8. The van der Waals surface area contributed by atoms with E-state index in [4.69, 9.17) is 5.26 Å². The predicted octanol–water partition coefficient (Wildman–Crippen LogP) is 1.88. The summed E-state index contributed by atoms with van der Waals surface area (Å²) in [6.45, 7) is 3.62. The van der Waals surface area contributed by atoms with Gasteiger partial charge in [0.05, 0.1) is 12.7 Å². The third kappa shape index (κ3) is 3.15. The van der Waals surface area contributed by atoms with Crippen molar-refractivity contribution in [3.8, 4) is 6.07 Å².